The summed E-state index contributed by atoms with van der Waals surface area (Å²) in [6.45, 7) is 1.64. The van der Waals surface area contributed by atoms with Gasteiger partial charge in [-0.1, -0.05) is 305 Å². The summed E-state index contributed by atoms with van der Waals surface area (Å²) in [5.41, 5.74) is 0. The molecule has 3 aliphatic heterocycles. The number of aliphatic hydroxyl groups excluding tert-OH is 11. The van der Waals surface area contributed by atoms with Crippen molar-refractivity contribution in [2.45, 2.75) is 413 Å². The highest BCUT2D eigenvalue weighted by atomic mass is 16.8. The Bertz CT molecular complexity index is 2110. The van der Waals surface area contributed by atoms with Gasteiger partial charge in [0, 0.05) is 6.42 Å². The molecule has 12 N–H and O–H groups in total. The second-order valence-corrected chi connectivity index (χ2v) is 28.8. The first-order valence-electron chi connectivity index (χ1n) is 40.7. The van der Waals surface area contributed by atoms with Gasteiger partial charge in [0.2, 0.25) is 5.91 Å². The summed E-state index contributed by atoms with van der Waals surface area (Å²) in [6, 6.07) is -0.993. The number of carbonyl (C=O) groups is 1. The van der Waals surface area contributed by atoms with Crippen LogP contribution >= 0.6 is 0 Å². The lowest BCUT2D eigenvalue weighted by Gasteiger charge is -2.48. The molecular formula is C82H147NO18. The predicted molar refractivity (Wildman–Crippen MR) is 401 cm³/mol. The second-order valence-electron chi connectivity index (χ2n) is 28.8. The van der Waals surface area contributed by atoms with Crippen molar-refractivity contribution in [1.82, 2.24) is 5.32 Å². The first-order chi connectivity index (χ1) is 49.3. The molecule has 1 amide bonds. The minimum absolute atomic E-state index is 0.235. The van der Waals surface area contributed by atoms with Crippen LogP contribution in [0.1, 0.15) is 309 Å². The fourth-order valence-electron chi connectivity index (χ4n) is 13.5. The number of unbranched alkanes of at least 4 members (excludes halogenated alkanes) is 38. The SMILES string of the molecule is CC/C=C\C/C=C\C/C=C\C/C=C\CCCCCCCCCCCCCCCCCCCCC(=O)NC(COC1OC(CO)C(OC2OC(CO)C(OC3OC(CO)C(O)C(O)C3O)C(O)C2O)C(O)C1O)C(O)/C=C/CC/C=C/CCCCCCCCCCCCCCCCCCCCC. The summed E-state index contributed by atoms with van der Waals surface area (Å²) in [5, 5.41) is 121. The summed E-state index contributed by atoms with van der Waals surface area (Å²) in [7, 11) is 0. The standard InChI is InChI=1S/C82H147NO18/c1-3-5-7-9-11-13-15-17-19-21-23-25-27-29-30-31-32-33-34-36-38-40-42-44-46-48-50-52-54-56-58-60-70(88)83-65(66(87)59-57-55-53-51-49-47-45-43-41-39-37-35-28-26-24-22-20-18-16-14-12-10-8-6-4-2)64-96-80-76(94)73(91)78(68(62-85)98-80)101-82-77(95)74(92)79(69(63-86)99-82)100-81-75(93)72(90)71(89)67(61-84)97-81/h5,7,11,13,17,19,23,25,49,51,57,59,65-69,71-82,84-87,89-95H,3-4,6,8-10,12,14-16,18,20-22,24,26-48,50,52-56,58,60-64H2,1-2H3,(H,83,88)/b7-5-,13-11-,19-17-,25-23-,51-49+,59-57+. The molecule has 17 unspecified atom stereocenters. The number of amides is 1. The van der Waals surface area contributed by atoms with Crippen LogP contribution in [0.3, 0.4) is 0 Å². The molecule has 0 aromatic heterocycles. The molecular weight excluding hydrogens is 1290 g/mol. The number of carbonyl (C=O) groups excluding carboxylic acids is 1. The Kier molecular flexibility index (Phi) is 57.0. The van der Waals surface area contributed by atoms with Crippen molar-refractivity contribution in [3.8, 4) is 0 Å². The molecule has 19 nitrogen and oxygen atoms in total. The number of aliphatic hydroxyl groups is 11. The molecule has 3 aliphatic rings. The topological polar surface area (TPSA) is 307 Å². The Balaban J connectivity index is 1.38. The number of nitrogens with one attached hydrogen (secondary N) is 1. The maximum Gasteiger partial charge on any atom is 0.220 e. The Morgan fingerprint density at radius 2 is 0.693 bits per heavy atom. The quantitative estimate of drug-likeness (QED) is 0.0199. The minimum Gasteiger partial charge on any atom is -0.394 e. The van der Waals surface area contributed by atoms with Crippen LogP contribution in [0.5, 0.6) is 0 Å². The monoisotopic (exact) mass is 1430 g/mol. The molecule has 17 atom stereocenters. The van der Waals surface area contributed by atoms with Gasteiger partial charge in [0.1, 0.15) is 73.2 Å². The van der Waals surface area contributed by atoms with E-state index in [2.05, 4.69) is 79.9 Å². The van der Waals surface area contributed by atoms with Crippen molar-refractivity contribution in [2.75, 3.05) is 26.4 Å². The largest absolute Gasteiger partial charge is 0.394 e. The van der Waals surface area contributed by atoms with E-state index in [1.54, 1.807) is 6.08 Å². The van der Waals surface area contributed by atoms with Gasteiger partial charge in [-0.25, -0.2) is 0 Å². The van der Waals surface area contributed by atoms with E-state index in [-0.39, 0.29) is 18.9 Å². The smallest absolute Gasteiger partial charge is 0.220 e. The maximum absolute atomic E-state index is 13.5. The van der Waals surface area contributed by atoms with Crippen LogP contribution in [0.2, 0.25) is 0 Å². The summed E-state index contributed by atoms with van der Waals surface area (Å²) < 4.78 is 34.4. The molecule has 3 fully saturated rings. The lowest BCUT2D eigenvalue weighted by molar-refractivity contribution is -0.379. The van der Waals surface area contributed by atoms with E-state index in [1.165, 1.54) is 212 Å². The van der Waals surface area contributed by atoms with E-state index in [0.717, 1.165) is 64.2 Å². The zero-order valence-corrected chi connectivity index (χ0v) is 62.9. The van der Waals surface area contributed by atoms with E-state index >= 15 is 0 Å². The maximum atomic E-state index is 13.5. The fraction of sp³-hybridized carbons (Fsp3) is 0.841. The molecule has 0 spiro atoms. The van der Waals surface area contributed by atoms with Crippen LogP contribution in [0.25, 0.3) is 0 Å². The third-order valence-corrected chi connectivity index (χ3v) is 20.0. The lowest BCUT2D eigenvalue weighted by Crippen LogP contribution is -2.66. The van der Waals surface area contributed by atoms with Gasteiger partial charge < -0.3 is 89.9 Å². The summed E-state index contributed by atoms with van der Waals surface area (Å²) in [4.78, 5) is 13.5. The van der Waals surface area contributed by atoms with Gasteiger partial charge in [-0.15, -0.1) is 0 Å². The average Bonchev–Trinajstić information content (AvgIpc) is 0.792. The first-order valence-corrected chi connectivity index (χ1v) is 40.7. The van der Waals surface area contributed by atoms with Gasteiger partial charge in [-0.2, -0.15) is 0 Å². The van der Waals surface area contributed by atoms with Crippen molar-refractivity contribution in [2.24, 2.45) is 0 Å². The van der Waals surface area contributed by atoms with Crippen LogP contribution in [-0.2, 0) is 33.2 Å². The average molecular weight is 1440 g/mol. The molecule has 0 aromatic rings. The second kappa shape index (κ2) is 62.3. The molecule has 19 heteroatoms. The molecule has 0 aromatic carbocycles. The van der Waals surface area contributed by atoms with Crippen molar-refractivity contribution < 1.29 is 89.4 Å². The van der Waals surface area contributed by atoms with Crippen LogP contribution < -0.4 is 5.32 Å². The highest BCUT2D eigenvalue weighted by molar-refractivity contribution is 5.76. The van der Waals surface area contributed by atoms with E-state index in [0.29, 0.717) is 12.8 Å². The van der Waals surface area contributed by atoms with Crippen LogP contribution in [0, 0.1) is 0 Å². The molecule has 0 radical (unpaired) electrons. The van der Waals surface area contributed by atoms with Gasteiger partial charge in [0.05, 0.1) is 38.6 Å². The lowest BCUT2D eigenvalue weighted by atomic mass is 9.96. The molecule has 0 aliphatic carbocycles. The van der Waals surface area contributed by atoms with E-state index in [1.807, 2.05) is 6.08 Å². The Morgan fingerprint density at radius 1 is 0.366 bits per heavy atom. The van der Waals surface area contributed by atoms with Crippen LogP contribution in [0.4, 0.5) is 0 Å². The van der Waals surface area contributed by atoms with Gasteiger partial charge in [-0.3, -0.25) is 4.79 Å². The van der Waals surface area contributed by atoms with E-state index in [4.69, 9.17) is 28.4 Å². The third kappa shape index (κ3) is 42.4. The van der Waals surface area contributed by atoms with Crippen molar-refractivity contribution >= 4 is 5.91 Å². The van der Waals surface area contributed by atoms with Gasteiger partial charge in [0.15, 0.2) is 18.9 Å². The highest BCUT2D eigenvalue weighted by Crippen LogP contribution is 2.33. The normalized spacial score (nSPS) is 26.7. The Morgan fingerprint density at radius 3 is 1.11 bits per heavy atom. The fourth-order valence-corrected chi connectivity index (χ4v) is 13.5. The third-order valence-electron chi connectivity index (χ3n) is 20.0. The van der Waals surface area contributed by atoms with Crippen LogP contribution in [-0.4, -0.2) is 193 Å². The van der Waals surface area contributed by atoms with Crippen molar-refractivity contribution in [1.29, 1.82) is 0 Å². The van der Waals surface area contributed by atoms with Crippen LogP contribution in [0.15, 0.2) is 72.9 Å². The molecule has 101 heavy (non-hydrogen) atoms. The number of allylic oxidation sites excluding steroid dienone is 11. The molecule has 0 bridgehead atoms. The first kappa shape index (κ1) is 92.4. The molecule has 0 saturated carbocycles. The van der Waals surface area contributed by atoms with E-state index < -0.39 is 124 Å². The molecule has 3 saturated heterocycles. The van der Waals surface area contributed by atoms with Gasteiger partial charge >= 0.3 is 0 Å². The van der Waals surface area contributed by atoms with E-state index in [9.17, 15) is 61.0 Å². The number of hydrogen-bond acceptors (Lipinski definition) is 18. The zero-order valence-electron chi connectivity index (χ0n) is 62.9. The summed E-state index contributed by atoms with van der Waals surface area (Å²) in [5.74, 6) is -0.282. The number of rotatable bonds is 64. The van der Waals surface area contributed by atoms with Crippen molar-refractivity contribution in [3.05, 3.63) is 72.9 Å². The Labute approximate surface area is 610 Å². The van der Waals surface area contributed by atoms with Crippen molar-refractivity contribution in [3.63, 3.8) is 0 Å². The highest BCUT2D eigenvalue weighted by Gasteiger charge is 2.54. The van der Waals surface area contributed by atoms with Gasteiger partial charge in [-0.05, 0) is 70.6 Å². The molecule has 588 valence electrons. The Hall–Kier alpha value is -2.77. The minimum atomic E-state index is -1.98. The predicted octanol–water partition coefficient (Wildman–Crippen LogP) is 13.6. The molecule has 3 heterocycles. The summed E-state index contributed by atoms with van der Waals surface area (Å²) in [6.07, 6.45) is 54.6. The molecule has 3 rings (SSSR count). The number of ether oxygens (including phenoxy) is 6. The summed E-state index contributed by atoms with van der Waals surface area (Å²) >= 11 is 0. The number of hydrogen-bond donors (Lipinski definition) is 12. The zero-order chi connectivity index (χ0) is 73.2. The van der Waals surface area contributed by atoms with Gasteiger partial charge in [0.25, 0.3) is 0 Å².